The number of hydrogen-bond donors (Lipinski definition) is 2. The molecule has 0 aromatic heterocycles. The largest absolute Gasteiger partial charge is 0.477 e. The number of rotatable bonds is 1. The number of nitrogens with zero attached hydrogens (tertiary/aromatic N) is 1. The Morgan fingerprint density at radius 3 is 2.86 bits per heavy atom. The van der Waals surface area contributed by atoms with Crippen LogP contribution in [0.1, 0.15) is 12.8 Å². The topological polar surface area (TPSA) is 83.6 Å². The maximum Gasteiger partial charge on any atom is 0.353 e. The second-order valence-electron chi connectivity index (χ2n) is 3.40. The second kappa shape index (κ2) is 2.96. The molecule has 0 spiro atoms. The minimum atomic E-state index is -1.17. The lowest BCUT2D eigenvalue weighted by Gasteiger charge is -2.47. The molecule has 76 valence electrons. The number of allylic oxidation sites excluding steroid dienone is 1. The number of carbonyl (C=O) groups excluding carboxylic acids is 1. The molecule has 0 bridgehead atoms. The number of carboxylic acid groups (broad SMARTS) is 1. The minimum Gasteiger partial charge on any atom is -0.477 e. The summed E-state index contributed by atoms with van der Waals surface area (Å²) in [5.41, 5.74) is 5.43. The quantitative estimate of drug-likeness (QED) is 0.598. The highest BCUT2D eigenvalue weighted by Crippen LogP contribution is 2.36. The second-order valence-corrected chi connectivity index (χ2v) is 3.85. The molecule has 0 saturated carbocycles. The van der Waals surface area contributed by atoms with Gasteiger partial charge in [0.25, 0.3) is 0 Å². The van der Waals surface area contributed by atoms with E-state index < -0.39 is 12.0 Å². The van der Waals surface area contributed by atoms with E-state index in [1.807, 2.05) is 0 Å². The van der Waals surface area contributed by atoms with E-state index in [0.29, 0.717) is 12.8 Å². The fraction of sp³-hybridized carbons (Fsp3) is 0.500. The van der Waals surface area contributed by atoms with Gasteiger partial charge >= 0.3 is 5.97 Å². The monoisotopic (exact) mass is 216 g/mol. The summed E-state index contributed by atoms with van der Waals surface area (Å²) in [7, 11) is 0. The van der Waals surface area contributed by atoms with Crippen LogP contribution in [0.5, 0.6) is 0 Å². The number of amides is 1. The van der Waals surface area contributed by atoms with Gasteiger partial charge in [-0.3, -0.25) is 9.69 Å². The molecule has 0 unspecified atom stereocenters. The van der Waals surface area contributed by atoms with Crippen molar-refractivity contribution in [3.8, 4) is 0 Å². The Morgan fingerprint density at radius 1 is 1.64 bits per heavy atom. The highest BCUT2D eigenvalue weighted by atomic mass is 35.5. The summed E-state index contributed by atoms with van der Waals surface area (Å²) in [5.74, 6) is -1.52. The number of β-lactam (4-membered cyclic amide) rings is 1. The van der Waals surface area contributed by atoms with Gasteiger partial charge in [0.2, 0.25) is 5.91 Å². The van der Waals surface area contributed by atoms with E-state index in [1.165, 1.54) is 4.90 Å². The van der Waals surface area contributed by atoms with Crippen LogP contribution in [0.3, 0.4) is 0 Å². The van der Waals surface area contributed by atoms with Crippen LogP contribution in [0.4, 0.5) is 0 Å². The van der Waals surface area contributed by atoms with Crippen molar-refractivity contribution in [3.63, 3.8) is 0 Å². The lowest BCUT2D eigenvalue weighted by Crippen LogP contribution is -2.69. The summed E-state index contributed by atoms with van der Waals surface area (Å²) in [6.07, 6.45) is 1.12. The normalized spacial score (nSPS) is 31.3. The average Bonchev–Trinajstić information content (AvgIpc) is 2.15. The number of carboxylic acids is 1. The lowest BCUT2D eigenvalue weighted by atomic mass is 9.87. The van der Waals surface area contributed by atoms with Crippen LogP contribution in [0, 0.1) is 0 Å². The first-order chi connectivity index (χ1) is 6.54. The van der Waals surface area contributed by atoms with Crippen LogP contribution in [-0.2, 0) is 9.59 Å². The van der Waals surface area contributed by atoms with Gasteiger partial charge in [-0.25, -0.2) is 4.79 Å². The van der Waals surface area contributed by atoms with Crippen LogP contribution in [0.2, 0.25) is 0 Å². The van der Waals surface area contributed by atoms with Crippen molar-refractivity contribution in [1.82, 2.24) is 4.90 Å². The van der Waals surface area contributed by atoms with Crippen molar-refractivity contribution in [2.75, 3.05) is 0 Å². The van der Waals surface area contributed by atoms with Gasteiger partial charge in [-0.05, 0) is 12.8 Å². The molecule has 5 nitrogen and oxygen atoms in total. The molecule has 2 aliphatic heterocycles. The van der Waals surface area contributed by atoms with Crippen molar-refractivity contribution in [1.29, 1.82) is 0 Å². The van der Waals surface area contributed by atoms with Gasteiger partial charge in [0, 0.05) is 5.03 Å². The van der Waals surface area contributed by atoms with Crippen LogP contribution in [-0.4, -0.2) is 34.0 Å². The number of aliphatic carboxylic acids is 1. The van der Waals surface area contributed by atoms with Gasteiger partial charge in [0.05, 0.1) is 6.04 Å². The van der Waals surface area contributed by atoms with Crippen LogP contribution < -0.4 is 5.73 Å². The molecule has 1 saturated heterocycles. The van der Waals surface area contributed by atoms with Crippen molar-refractivity contribution in [2.24, 2.45) is 5.73 Å². The highest BCUT2D eigenvalue weighted by Gasteiger charge is 2.50. The van der Waals surface area contributed by atoms with Crippen LogP contribution >= 0.6 is 11.6 Å². The molecule has 14 heavy (non-hydrogen) atoms. The van der Waals surface area contributed by atoms with Crippen LogP contribution in [0.15, 0.2) is 10.7 Å². The first-order valence-corrected chi connectivity index (χ1v) is 4.62. The zero-order valence-electron chi connectivity index (χ0n) is 7.24. The van der Waals surface area contributed by atoms with Gasteiger partial charge in [0.15, 0.2) is 0 Å². The molecular weight excluding hydrogens is 208 g/mol. The summed E-state index contributed by atoms with van der Waals surface area (Å²) < 4.78 is 0. The number of hydrogen-bond acceptors (Lipinski definition) is 3. The molecule has 0 aromatic rings. The summed E-state index contributed by atoms with van der Waals surface area (Å²) in [4.78, 5) is 23.3. The molecule has 1 fully saturated rings. The van der Waals surface area contributed by atoms with E-state index in [2.05, 4.69) is 0 Å². The molecule has 6 heteroatoms. The summed E-state index contributed by atoms with van der Waals surface area (Å²) in [6.45, 7) is 0. The fourth-order valence-electron chi connectivity index (χ4n) is 1.89. The molecular formula is C8H9ClN2O3. The molecule has 0 radical (unpaired) electrons. The molecule has 2 rings (SSSR count). The Hall–Kier alpha value is -1.07. The van der Waals surface area contributed by atoms with Gasteiger partial charge in [-0.1, -0.05) is 11.6 Å². The average molecular weight is 217 g/mol. The van der Waals surface area contributed by atoms with E-state index in [1.54, 1.807) is 0 Å². The first kappa shape index (κ1) is 9.48. The Kier molecular flexibility index (Phi) is 2.01. The Labute approximate surface area is 85.1 Å². The molecule has 2 heterocycles. The Bertz CT molecular complexity index is 352. The van der Waals surface area contributed by atoms with Crippen molar-refractivity contribution < 1.29 is 14.7 Å². The molecule has 2 aliphatic rings. The summed E-state index contributed by atoms with van der Waals surface area (Å²) in [5, 5.41) is 9.09. The van der Waals surface area contributed by atoms with Crippen molar-refractivity contribution in [3.05, 3.63) is 10.7 Å². The maximum absolute atomic E-state index is 11.3. The highest BCUT2D eigenvalue weighted by molar-refractivity contribution is 6.32. The summed E-state index contributed by atoms with van der Waals surface area (Å²) >= 11 is 5.75. The van der Waals surface area contributed by atoms with E-state index in [-0.39, 0.29) is 22.7 Å². The Morgan fingerprint density at radius 2 is 2.29 bits per heavy atom. The van der Waals surface area contributed by atoms with Crippen molar-refractivity contribution in [2.45, 2.75) is 24.9 Å². The van der Waals surface area contributed by atoms with Gasteiger partial charge in [-0.15, -0.1) is 0 Å². The molecule has 0 aliphatic carbocycles. The number of halogens is 1. The van der Waals surface area contributed by atoms with Crippen molar-refractivity contribution >= 4 is 23.5 Å². The maximum atomic E-state index is 11.3. The Balaban J connectivity index is 2.37. The van der Waals surface area contributed by atoms with Gasteiger partial charge < -0.3 is 10.8 Å². The number of carbonyl (C=O) groups is 2. The third-order valence-electron chi connectivity index (χ3n) is 2.63. The molecule has 3 N–H and O–H groups in total. The third-order valence-corrected chi connectivity index (χ3v) is 3.00. The minimum absolute atomic E-state index is 0.102. The molecule has 2 atom stereocenters. The van der Waals surface area contributed by atoms with Crippen LogP contribution in [0.25, 0.3) is 0 Å². The summed E-state index contributed by atoms with van der Waals surface area (Å²) in [6, 6.07) is -0.745. The van der Waals surface area contributed by atoms with E-state index in [0.717, 1.165) is 0 Å². The lowest BCUT2D eigenvalue weighted by molar-refractivity contribution is -0.152. The van der Waals surface area contributed by atoms with E-state index in [4.69, 9.17) is 22.4 Å². The van der Waals surface area contributed by atoms with E-state index >= 15 is 0 Å². The number of fused-ring (bicyclic) bond motifs is 1. The van der Waals surface area contributed by atoms with Gasteiger partial charge in [-0.2, -0.15) is 0 Å². The number of nitrogens with two attached hydrogens (primary N) is 1. The first-order valence-electron chi connectivity index (χ1n) is 4.24. The zero-order chi connectivity index (χ0) is 10.5. The predicted molar refractivity (Wildman–Crippen MR) is 48.4 cm³/mol. The SMILES string of the molecule is N[C@H]1C(=O)N2C(C(=O)O)=C(Cl)CC[C@H]12. The standard InChI is InChI=1S/C8H9ClN2O3/c9-3-1-2-4-5(10)7(12)11(4)6(3)8(13)14/h4-5H,1-2,10H2,(H,13,14)/t4-,5-/m1/s1. The predicted octanol–water partition coefficient (Wildman–Crippen LogP) is -0.147. The molecule has 1 amide bonds. The smallest absolute Gasteiger partial charge is 0.353 e. The third kappa shape index (κ3) is 1.06. The fourth-order valence-corrected chi connectivity index (χ4v) is 2.18. The van der Waals surface area contributed by atoms with E-state index in [9.17, 15) is 9.59 Å². The zero-order valence-corrected chi connectivity index (χ0v) is 7.99. The van der Waals surface area contributed by atoms with Gasteiger partial charge in [0.1, 0.15) is 11.7 Å². The molecule has 0 aromatic carbocycles.